The topological polar surface area (TPSA) is 12.0 Å². The average molecular weight is 209 g/mol. The van der Waals surface area contributed by atoms with Crippen molar-refractivity contribution < 1.29 is 0 Å². The van der Waals surface area contributed by atoms with Gasteiger partial charge in [0.25, 0.3) is 0 Å². The summed E-state index contributed by atoms with van der Waals surface area (Å²) in [7, 11) is 0. The molecule has 0 saturated heterocycles. The minimum absolute atomic E-state index is 0.403. The molecule has 0 bridgehead atoms. The Bertz CT molecular complexity index is 253. The number of hydrogen-bond donors (Lipinski definition) is 1. The first kappa shape index (κ1) is 11.5. The van der Waals surface area contributed by atoms with Crippen molar-refractivity contribution in [2.45, 2.75) is 38.8 Å². The minimum atomic E-state index is 0.403. The van der Waals surface area contributed by atoms with Gasteiger partial charge in [-0.3, -0.25) is 0 Å². The second kappa shape index (κ2) is 5.99. The molecule has 1 aromatic rings. The van der Waals surface area contributed by atoms with Gasteiger partial charge in [-0.15, -0.1) is 17.9 Å². The van der Waals surface area contributed by atoms with Crippen molar-refractivity contribution >= 4 is 11.3 Å². The van der Waals surface area contributed by atoms with Gasteiger partial charge in [0.2, 0.25) is 0 Å². The monoisotopic (exact) mass is 209 g/mol. The van der Waals surface area contributed by atoms with Gasteiger partial charge in [-0.1, -0.05) is 19.1 Å². The summed E-state index contributed by atoms with van der Waals surface area (Å²) in [4.78, 5) is 1.46. The number of rotatable bonds is 6. The van der Waals surface area contributed by atoms with Crippen LogP contribution in [0, 0.1) is 0 Å². The minimum Gasteiger partial charge on any atom is -0.308 e. The Kier molecular flexibility index (Phi) is 4.91. The van der Waals surface area contributed by atoms with Crippen LogP contribution < -0.4 is 5.32 Å². The fraction of sp³-hybridized carbons (Fsp3) is 0.500. The summed E-state index contributed by atoms with van der Waals surface area (Å²) in [6, 6.07) is 5.29. The summed E-state index contributed by atoms with van der Waals surface area (Å²) in [5, 5.41) is 5.68. The van der Waals surface area contributed by atoms with E-state index in [2.05, 4.69) is 43.3 Å². The molecule has 2 unspecified atom stereocenters. The molecule has 1 aromatic heterocycles. The Morgan fingerprint density at radius 3 is 2.93 bits per heavy atom. The van der Waals surface area contributed by atoms with Gasteiger partial charge in [-0.05, 0) is 31.2 Å². The van der Waals surface area contributed by atoms with E-state index in [1.54, 1.807) is 0 Å². The quantitative estimate of drug-likeness (QED) is 0.709. The zero-order chi connectivity index (χ0) is 10.4. The molecule has 78 valence electrons. The van der Waals surface area contributed by atoms with Crippen molar-refractivity contribution in [1.82, 2.24) is 5.32 Å². The molecule has 0 saturated carbocycles. The van der Waals surface area contributed by atoms with Crippen LogP contribution in [0.25, 0.3) is 0 Å². The van der Waals surface area contributed by atoms with Crippen molar-refractivity contribution in [3.05, 3.63) is 35.0 Å². The van der Waals surface area contributed by atoms with E-state index in [0.29, 0.717) is 12.1 Å². The SMILES string of the molecule is C=CC(C)NC(CC)Cc1cccs1. The largest absolute Gasteiger partial charge is 0.308 e. The maximum atomic E-state index is 3.79. The van der Waals surface area contributed by atoms with Crippen molar-refractivity contribution in [3.8, 4) is 0 Å². The van der Waals surface area contributed by atoms with Gasteiger partial charge in [-0.25, -0.2) is 0 Å². The van der Waals surface area contributed by atoms with Crippen LogP contribution in [0.15, 0.2) is 30.2 Å². The van der Waals surface area contributed by atoms with Gasteiger partial charge in [0.1, 0.15) is 0 Å². The molecule has 1 heterocycles. The standard InChI is InChI=1S/C12H19NS/c1-4-10(3)13-11(5-2)9-12-7-6-8-14-12/h4,6-8,10-11,13H,1,5,9H2,2-3H3. The third kappa shape index (κ3) is 3.64. The fourth-order valence-electron chi connectivity index (χ4n) is 1.43. The zero-order valence-corrected chi connectivity index (χ0v) is 9.81. The highest BCUT2D eigenvalue weighted by Gasteiger charge is 2.09. The molecule has 0 aromatic carbocycles. The van der Waals surface area contributed by atoms with E-state index in [9.17, 15) is 0 Å². The average Bonchev–Trinajstić information content (AvgIpc) is 2.69. The number of nitrogens with one attached hydrogen (secondary N) is 1. The molecule has 1 nitrogen and oxygen atoms in total. The van der Waals surface area contributed by atoms with Crippen molar-refractivity contribution in [2.24, 2.45) is 0 Å². The highest BCUT2D eigenvalue weighted by molar-refractivity contribution is 7.09. The van der Waals surface area contributed by atoms with E-state index in [-0.39, 0.29) is 0 Å². The predicted octanol–water partition coefficient (Wildman–Crippen LogP) is 3.23. The van der Waals surface area contributed by atoms with Crippen LogP contribution in [-0.2, 0) is 6.42 Å². The summed E-state index contributed by atoms with van der Waals surface area (Å²) in [5.41, 5.74) is 0. The molecule has 0 aliphatic rings. The van der Waals surface area contributed by atoms with Gasteiger partial charge in [-0.2, -0.15) is 0 Å². The molecule has 0 spiro atoms. The third-order valence-electron chi connectivity index (χ3n) is 2.37. The lowest BCUT2D eigenvalue weighted by atomic mass is 10.1. The Labute approximate surface area is 90.9 Å². The van der Waals surface area contributed by atoms with Crippen LogP contribution in [0.1, 0.15) is 25.1 Å². The Balaban J connectivity index is 2.43. The van der Waals surface area contributed by atoms with Crippen molar-refractivity contribution in [3.63, 3.8) is 0 Å². The molecule has 14 heavy (non-hydrogen) atoms. The number of hydrogen-bond acceptors (Lipinski definition) is 2. The smallest absolute Gasteiger partial charge is 0.0221 e. The summed E-state index contributed by atoms with van der Waals surface area (Å²) < 4.78 is 0. The summed E-state index contributed by atoms with van der Waals surface area (Å²) in [6.07, 6.45) is 4.25. The molecule has 1 rings (SSSR count). The first-order valence-corrected chi connectivity index (χ1v) is 6.05. The maximum Gasteiger partial charge on any atom is 0.0221 e. The van der Waals surface area contributed by atoms with E-state index < -0.39 is 0 Å². The lowest BCUT2D eigenvalue weighted by Crippen LogP contribution is -2.36. The fourth-order valence-corrected chi connectivity index (χ4v) is 2.22. The van der Waals surface area contributed by atoms with Crippen molar-refractivity contribution in [1.29, 1.82) is 0 Å². The van der Waals surface area contributed by atoms with Crippen LogP contribution in [0.3, 0.4) is 0 Å². The summed E-state index contributed by atoms with van der Waals surface area (Å²) in [5.74, 6) is 0. The number of thiophene rings is 1. The van der Waals surface area contributed by atoms with Crippen LogP contribution in [0.4, 0.5) is 0 Å². The van der Waals surface area contributed by atoms with E-state index in [1.807, 2.05) is 17.4 Å². The molecule has 0 radical (unpaired) electrons. The summed E-state index contributed by atoms with van der Waals surface area (Å²) in [6.45, 7) is 8.15. The molecule has 0 aliphatic carbocycles. The Hall–Kier alpha value is -0.600. The lowest BCUT2D eigenvalue weighted by Gasteiger charge is -2.19. The van der Waals surface area contributed by atoms with Crippen LogP contribution >= 0.6 is 11.3 Å². The van der Waals surface area contributed by atoms with Gasteiger partial charge in [0.15, 0.2) is 0 Å². The molecule has 0 aliphatic heterocycles. The van der Waals surface area contributed by atoms with E-state index >= 15 is 0 Å². The van der Waals surface area contributed by atoms with Gasteiger partial charge >= 0.3 is 0 Å². The maximum absolute atomic E-state index is 3.79. The van der Waals surface area contributed by atoms with Gasteiger partial charge < -0.3 is 5.32 Å². The molecular formula is C12H19NS. The predicted molar refractivity (Wildman–Crippen MR) is 64.9 cm³/mol. The second-order valence-electron chi connectivity index (χ2n) is 3.58. The van der Waals surface area contributed by atoms with Crippen LogP contribution in [0.5, 0.6) is 0 Å². The molecule has 0 fully saturated rings. The molecule has 2 heteroatoms. The van der Waals surface area contributed by atoms with Gasteiger partial charge in [0, 0.05) is 17.0 Å². The normalized spacial score (nSPS) is 15.0. The molecular weight excluding hydrogens is 190 g/mol. The van der Waals surface area contributed by atoms with E-state index in [1.165, 1.54) is 4.88 Å². The van der Waals surface area contributed by atoms with Crippen LogP contribution in [-0.4, -0.2) is 12.1 Å². The van der Waals surface area contributed by atoms with Crippen molar-refractivity contribution in [2.75, 3.05) is 0 Å². The Morgan fingerprint density at radius 1 is 1.64 bits per heavy atom. The summed E-state index contributed by atoms with van der Waals surface area (Å²) >= 11 is 1.84. The lowest BCUT2D eigenvalue weighted by molar-refractivity contribution is 0.472. The molecule has 2 atom stereocenters. The first-order valence-electron chi connectivity index (χ1n) is 5.17. The highest BCUT2D eigenvalue weighted by atomic mass is 32.1. The zero-order valence-electron chi connectivity index (χ0n) is 8.99. The second-order valence-corrected chi connectivity index (χ2v) is 4.61. The Morgan fingerprint density at radius 2 is 2.43 bits per heavy atom. The molecule has 1 N–H and O–H groups in total. The molecule has 0 amide bonds. The van der Waals surface area contributed by atoms with Gasteiger partial charge in [0.05, 0.1) is 0 Å². The van der Waals surface area contributed by atoms with E-state index in [0.717, 1.165) is 12.8 Å². The highest BCUT2D eigenvalue weighted by Crippen LogP contribution is 2.12. The third-order valence-corrected chi connectivity index (χ3v) is 3.27. The van der Waals surface area contributed by atoms with Crippen LogP contribution in [0.2, 0.25) is 0 Å². The van der Waals surface area contributed by atoms with E-state index in [4.69, 9.17) is 0 Å². The first-order chi connectivity index (χ1) is 6.76.